The topological polar surface area (TPSA) is 93.0 Å². The maximum atomic E-state index is 12.4. The third kappa shape index (κ3) is 1.65. The number of fused-ring (bicyclic) bond motifs is 3. The second kappa shape index (κ2) is 4.12. The van der Waals surface area contributed by atoms with E-state index in [0.29, 0.717) is 27.4 Å². The number of ketones is 1. The minimum atomic E-state index is -0.492. The molecule has 0 atom stereocenters. The Hall–Kier alpha value is -2.76. The molecule has 6 nitrogen and oxygen atoms in total. The first-order valence-electron chi connectivity index (χ1n) is 5.96. The summed E-state index contributed by atoms with van der Waals surface area (Å²) in [5.41, 5.74) is 0.439. The van der Waals surface area contributed by atoms with Crippen LogP contribution in [0.1, 0.15) is 23.0 Å². The van der Waals surface area contributed by atoms with Gasteiger partial charge in [0.25, 0.3) is 0 Å². The Kier molecular flexibility index (Phi) is 2.53. The molecule has 1 N–H and O–H groups in total. The number of nitrogens with zero attached hydrogens (tertiary/aromatic N) is 1. The number of carbonyl (C=O) groups is 1. The molecule has 0 fully saturated rings. The van der Waals surface area contributed by atoms with Crippen molar-refractivity contribution >= 4 is 27.7 Å². The van der Waals surface area contributed by atoms with Crippen LogP contribution in [0.2, 0.25) is 0 Å². The van der Waals surface area contributed by atoms with Gasteiger partial charge in [0.05, 0.1) is 10.9 Å². The molecule has 0 saturated heterocycles. The third-order valence-electron chi connectivity index (χ3n) is 3.18. The zero-order chi connectivity index (χ0) is 14.4. The molecule has 0 aliphatic rings. The number of hydrogen-bond acceptors (Lipinski definition) is 5. The van der Waals surface area contributed by atoms with Gasteiger partial charge >= 0.3 is 5.63 Å². The van der Waals surface area contributed by atoms with Gasteiger partial charge in [-0.3, -0.25) is 14.7 Å². The first-order chi connectivity index (χ1) is 9.49. The summed E-state index contributed by atoms with van der Waals surface area (Å²) in [6.07, 6.45) is 0. The van der Waals surface area contributed by atoms with E-state index in [1.165, 1.54) is 19.1 Å². The lowest BCUT2D eigenvalue weighted by molar-refractivity contribution is 0.101. The summed E-state index contributed by atoms with van der Waals surface area (Å²) < 4.78 is 5.09. The van der Waals surface area contributed by atoms with Gasteiger partial charge in [0.2, 0.25) is 5.43 Å². The van der Waals surface area contributed by atoms with E-state index >= 15 is 0 Å². The molecule has 0 spiro atoms. The molecule has 0 saturated carbocycles. The minimum Gasteiger partial charge on any atom is -0.423 e. The SMILES string of the molecule is CC(=O)c1n[nH]c2c(C)cc3oc(=O)ccc3c2c1=O. The summed E-state index contributed by atoms with van der Waals surface area (Å²) in [4.78, 5) is 35.1. The van der Waals surface area contributed by atoms with Crippen LogP contribution >= 0.6 is 0 Å². The van der Waals surface area contributed by atoms with Gasteiger partial charge in [-0.05, 0) is 24.6 Å². The number of aromatic amines is 1. The lowest BCUT2D eigenvalue weighted by Crippen LogP contribution is -2.18. The summed E-state index contributed by atoms with van der Waals surface area (Å²) in [6, 6.07) is 4.41. The molecular formula is C14H10N2O4. The highest BCUT2D eigenvalue weighted by molar-refractivity contribution is 6.07. The zero-order valence-electron chi connectivity index (χ0n) is 10.8. The summed E-state index contributed by atoms with van der Waals surface area (Å²) in [5, 5.41) is 7.33. The van der Waals surface area contributed by atoms with Gasteiger partial charge < -0.3 is 4.42 Å². The van der Waals surface area contributed by atoms with Crippen molar-refractivity contribution in [2.75, 3.05) is 0 Å². The normalized spacial score (nSPS) is 11.1. The molecule has 3 rings (SSSR count). The van der Waals surface area contributed by atoms with Gasteiger partial charge in [0.1, 0.15) is 5.58 Å². The van der Waals surface area contributed by atoms with Gasteiger partial charge in [-0.25, -0.2) is 4.79 Å². The van der Waals surface area contributed by atoms with Crippen molar-refractivity contribution in [2.45, 2.75) is 13.8 Å². The van der Waals surface area contributed by atoms with E-state index in [1.807, 2.05) is 0 Å². The number of rotatable bonds is 1. The van der Waals surface area contributed by atoms with Gasteiger partial charge in [0, 0.05) is 18.4 Å². The number of aromatic nitrogens is 2. The lowest BCUT2D eigenvalue weighted by atomic mass is 10.0. The summed E-state index contributed by atoms with van der Waals surface area (Å²) in [6.45, 7) is 3.04. The smallest absolute Gasteiger partial charge is 0.336 e. The van der Waals surface area contributed by atoms with Crippen molar-refractivity contribution in [3.8, 4) is 0 Å². The fraction of sp³-hybridized carbons (Fsp3) is 0.143. The number of carbonyl (C=O) groups excluding carboxylic acids is 1. The van der Waals surface area contributed by atoms with Crippen LogP contribution in [0.5, 0.6) is 0 Å². The van der Waals surface area contributed by atoms with Crippen molar-refractivity contribution in [2.24, 2.45) is 0 Å². The Bertz CT molecular complexity index is 982. The van der Waals surface area contributed by atoms with Gasteiger partial charge in [-0.1, -0.05) is 0 Å². The van der Waals surface area contributed by atoms with Gasteiger partial charge in [-0.15, -0.1) is 0 Å². The summed E-state index contributed by atoms with van der Waals surface area (Å²) in [5.74, 6) is -0.416. The quantitative estimate of drug-likeness (QED) is 0.411. The summed E-state index contributed by atoms with van der Waals surface area (Å²) >= 11 is 0. The Morgan fingerprint density at radius 1 is 1.30 bits per heavy atom. The molecule has 1 aromatic carbocycles. The monoisotopic (exact) mass is 270 g/mol. The lowest BCUT2D eigenvalue weighted by Gasteiger charge is -2.06. The average molecular weight is 270 g/mol. The van der Waals surface area contributed by atoms with Crippen molar-refractivity contribution in [3.05, 3.63) is 50.1 Å². The van der Waals surface area contributed by atoms with E-state index < -0.39 is 16.8 Å². The largest absolute Gasteiger partial charge is 0.423 e. The van der Waals surface area contributed by atoms with Crippen LogP contribution in [-0.2, 0) is 0 Å². The molecule has 0 aliphatic heterocycles. The molecule has 0 unspecified atom stereocenters. The van der Waals surface area contributed by atoms with Crippen molar-refractivity contribution < 1.29 is 9.21 Å². The van der Waals surface area contributed by atoms with Crippen LogP contribution in [0.25, 0.3) is 21.9 Å². The van der Waals surface area contributed by atoms with Crippen molar-refractivity contribution in [1.29, 1.82) is 0 Å². The number of aryl methyl sites for hydroxylation is 1. The van der Waals surface area contributed by atoms with Crippen LogP contribution in [0.15, 0.2) is 32.2 Å². The number of nitrogens with one attached hydrogen (secondary N) is 1. The second-order valence-electron chi connectivity index (χ2n) is 4.57. The number of Topliss-reactive ketones (excluding diaryl/α,β-unsaturated/α-hetero) is 1. The molecule has 0 aliphatic carbocycles. The van der Waals surface area contributed by atoms with E-state index in [0.717, 1.165) is 0 Å². The molecule has 0 bridgehead atoms. The van der Waals surface area contributed by atoms with Crippen LogP contribution in [-0.4, -0.2) is 16.0 Å². The van der Waals surface area contributed by atoms with Crippen molar-refractivity contribution in [3.63, 3.8) is 0 Å². The van der Waals surface area contributed by atoms with Crippen LogP contribution in [0.3, 0.4) is 0 Å². The second-order valence-corrected chi connectivity index (χ2v) is 4.57. The molecule has 20 heavy (non-hydrogen) atoms. The maximum absolute atomic E-state index is 12.4. The predicted molar refractivity (Wildman–Crippen MR) is 73.1 cm³/mol. The first-order valence-corrected chi connectivity index (χ1v) is 5.96. The van der Waals surface area contributed by atoms with E-state index in [9.17, 15) is 14.4 Å². The Morgan fingerprint density at radius 2 is 2.05 bits per heavy atom. The molecule has 6 heteroatoms. The fourth-order valence-electron chi connectivity index (χ4n) is 2.24. The van der Waals surface area contributed by atoms with Gasteiger partial charge in [0.15, 0.2) is 11.5 Å². The Labute approximate surface area is 112 Å². The zero-order valence-corrected chi connectivity index (χ0v) is 10.8. The van der Waals surface area contributed by atoms with Crippen LogP contribution in [0.4, 0.5) is 0 Å². The summed E-state index contributed by atoms with van der Waals surface area (Å²) in [7, 11) is 0. The fourth-order valence-corrected chi connectivity index (χ4v) is 2.24. The number of benzene rings is 1. The van der Waals surface area contributed by atoms with E-state index in [1.54, 1.807) is 13.0 Å². The van der Waals surface area contributed by atoms with Gasteiger partial charge in [-0.2, -0.15) is 5.10 Å². The first kappa shape index (κ1) is 12.3. The highest BCUT2D eigenvalue weighted by atomic mass is 16.4. The highest BCUT2D eigenvalue weighted by Crippen LogP contribution is 2.23. The number of H-pyrrole nitrogens is 1. The molecule has 0 radical (unpaired) electrons. The standard InChI is InChI=1S/C14H10N2O4/c1-6-5-9-8(3-4-10(18)20-9)11-12(6)15-16-13(7(2)17)14(11)19/h3-5H,1-2H3,(H,15,19). The molecule has 3 aromatic rings. The van der Waals surface area contributed by atoms with Crippen LogP contribution in [0, 0.1) is 6.92 Å². The molecular weight excluding hydrogens is 260 g/mol. The Morgan fingerprint density at radius 3 is 2.75 bits per heavy atom. The minimum absolute atomic E-state index is 0.157. The third-order valence-corrected chi connectivity index (χ3v) is 3.18. The molecule has 2 heterocycles. The Balaban J connectivity index is 2.65. The predicted octanol–water partition coefficient (Wildman–Crippen LogP) is 1.54. The van der Waals surface area contributed by atoms with E-state index in [2.05, 4.69) is 10.2 Å². The van der Waals surface area contributed by atoms with E-state index in [-0.39, 0.29) is 5.69 Å². The average Bonchev–Trinajstić information content (AvgIpc) is 2.38. The highest BCUT2D eigenvalue weighted by Gasteiger charge is 2.15. The van der Waals surface area contributed by atoms with Crippen molar-refractivity contribution in [1.82, 2.24) is 10.2 Å². The van der Waals surface area contributed by atoms with E-state index in [4.69, 9.17) is 4.42 Å². The maximum Gasteiger partial charge on any atom is 0.336 e. The molecule has 0 amide bonds. The molecule has 2 aromatic heterocycles. The molecule has 100 valence electrons. The number of hydrogen-bond donors (Lipinski definition) is 1. The van der Waals surface area contributed by atoms with Crippen LogP contribution < -0.4 is 11.1 Å².